The van der Waals surface area contributed by atoms with Gasteiger partial charge in [-0.05, 0) is 37.1 Å². The second-order valence-electron chi connectivity index (χ2n) is 6.82. The molecule has 2 rings (SSSR count). The molecule has 2 aromatic rings. The van der Waals surface area contributed by atoms with Crippen LogP contribution in [0, 0.1) is 5.92 Å². The molecule has 0 bridgehead atoms. The number of hydrogen-bond donors (Lipinski definition) is 2. The SMILES string of the molecule is CCC(O)C(CC)C(O)CC(OC(=O)c1ccccc1)OC(=O)c1ccccc1. The van der Waals surface area contributed by atoms with Gasteiger partial charge in [-0.2, -0.15) is 0 Å². The van der Waals surface area contributed by atoms with Crippen molar-refractivity contribution in [3.05, 3.63) is 71.8 Å². The van der Waals surface area contributed by atoms with Crippen molar-refractivity contribution in [3.63, 3.8) is 0 Å². The Morgan fingerprint density at radius 1 is 0.759 bits per heavy atom. The summed E-state index contributed by atoms with van der Waals surface area (Å²) < 4.78 is 10.8. The summed E-state index contributed by atoms with van der Waals surface area (Å²) in [5, 5.41) is 20.8. The van der Waals surface area contributed by atoms with Gasteiger partial charge in [-0.25, -0.2) is 9.59 Å². The van der Waals surface area contributed by atoms with E-state index < -0.39 is 36.4 Å². The van der Waals surface area contributed by atoms with Crippen LogP contribution >= 0.6 is 0 Å². The minimum atomic E-state index is -1.29. The van der Waals surface area contributed by atoms with Gasteiger partial charge in [-0.15, -0.1) is 0 Å². The zero-order chi connectivity index (χ0) is 21.2. The quantitative estimate of drug-likeness (QED) is 0.468. The fourth-order valence-electron chi connectivity index (χ4n) is 3.12. The van der Waals surface area contributed by atoms with Gasteiger partial charge in [-0.1, -0.05) is 50.2 Å². The molecule has 0 aliphatic carbocycles. The van der Waals surface area contributed by atoms with E-state index in [2.05, 4.69) is 0 Å². The number of hydrogen-bond acceptors (Lipinski definition) is 6. The summed E-state index contributed by atoms with van der Waals surface area (Å²) in [7, 11) is 0. The number of ether oxygens (including phenoxy) is 2. The molecular formula is C23H28O6. The van der Waals surface area contributed by atoms with Gasteiger partial charge in [0.15, 0.2) is 0 Å². The second kappa shape index (κ2) is 11.3. The van der Waals surface area contributed by atoms with Gasteiger partial charge >= 0.3 is 11.9 Å². The van der Waals surface area contributed by atoms with Crippen LogP contribution in [0.4, 0.5) is 0 Å². The average Bonchev–Trinajstić information content (AvgIpc) is 2.75. The number of carbonyl (C=O) groups is 2. The highest BCUT2D eigenvalue weighted by molar-refractivity contribution is 5.90. The van der Waals surface area contributed by atoms with Crippen molar-refractivity contribution in [1.29, 1.82) is 0 Å². The highest BCUT2D eigenvalue weighted by Crippen LogP contribution is 2.22. The average molecular weight is 400 g/mol. The van der Waals surface area contributed by atoms with Crippen LogP contribution in [0.1, 0.15) is 53.8 Å². The van der Waals surface area contributed by atoms with Crippen LogP contribution in [0.25, 0.3) is 0 Å². The second-order valence-corrected chi connectivity index (χ2v) is 6.82. The van der Waals surface area contributed by atoms with E-state index in [1.165, 1.54) is 0 Å². The normalized spacial score (nSPS) is 14.1. The molecule has 29 heavy (non-hydrogen) atoms. The standard InChI is InChI=1S/C23H28O6/c1-3-18(19(24)4-2)20(25)15-21(28-22(26)16-11-7-5-8-12-16)29-23(27)17-13-9-6-10-14-17/h5-14,18-21,24-25H,3-4,15H2,1-2H3. The molecule has 0 aromatic heterocycles. The highest BCUT2D eigenvalue weighted by Gasteiger charge is 2.30. The number of rotatable bonds is 10. The third kappa shape index (κ3) is 6.69. The molecule has 0 radical (unpaired) electrons. The molecule has 6 heteroatoms. The first-order chi connectivity index (χ1) is 14.0. The molecule has 3 unspecified atom stereocenters. The van der Waals surface area contributed by atoms with Crippen LogP contribution < -0.4 is 0 Å². The lowest BCUT2D eigenvalue weighted by Gasteiger charge is -2.28. The van der Waals surface area contributed by atoms with E-state index >= 15 is 0 Å². The van der Waals surface area contributed by atoms with Crippen molar-refractivity contribution >= 4 is 11.9 Å². The molecule has 2 aromatic carbocycles. The summed E-state index contributed by atoms with van der Waals surface area (Å²) in [4.78, 5) is 24.9. The molecule has 156 valence electrons. The number of benzene rings is 2. The predicted octanol–water partition coefficient (Wildman–Crippen LogP) is 3.57. The Kier molecular flexibility index (Phi) is 8.83. The van der Waals surface area contributed by atoms with Crippen LogP contribution in [0.2, 0.25) is 0 Å². The van der Waals surface area contributed by atoms with E-state index in [1.807, 2.05) is 13.8 Å². The van der Waals surface area contributed by atoms with E-state index in [0.29, 0.717) is 24.0 Å². The van der Waals surface area contributed by atoms with E-state index in [1.54, 1.807) is 60.7 Å². The zero-order valence-corrected chi connectivity index (χ0v) is 16.7. The van der Waals surface area contributed by atoms with Crippen molar-refractivity contribution < 1.29 is 29.3 Å². The fourth-order valence-corrected chi connectivity index (χ4v) is 3.12. The molecule has 0 amide bonds. The van der Waals surface area contributed by atoms with E-state index in [-0.39, 0.29) is 6.42 Å². The van der Waals surface area contributed by atoms with Crippen molar-refractivity contribution in [2.75, 3.05) is 0 Å². The van der Waals surface area contributed by atoms with Crippen LogP contribution in [-0.4, -0.2) is 40.6 Å². The Morgan fingerprint density at radius 2 is 1.21 bits per heavy atom. The maximum atomic E-state index is 12.4. The summed E-state index contributed by atoms with van der Waals surface area (Å²) in [6.07, 6.45) is -2.12. The van der Waals surface area contributed by atoms with E-state index in [4.69, 9.17) is 9.47 Å². The molecule has 2 N–H and O–H groups in total. The number of esters is 2. The Balaban J connectivity index is 2.15. The number of aliphatic hydroxyl groups excluding tert-OH is 2. The summed E-state index contributed by atoms with van der Waals surface area (Å²) >= 11 is 0. The summed E-state index contributed by atoms with van der Waals surface area (Å²) in [6.45, 7) is 3.68. The first kappa shape index (κ1) is 22.6. The third-order valence-corrected chi connectivity index (χ3v) is 4.81. The van der Waals surface area contributed by atoms with Gasteiger partial charge in [-0.3, -0.25) is 0 Å². The molecule has 3 atom stereocenters. The summed E-state index contributed by atoms with van der Waals surface area (Å²) in [5.74, 6) is -1.74. The van der Waals surface area contributed by atoms with Gasteiger partial charge in [0.25, 0.3) is 6.29 Å². The summed E-state index contributed by atoms with van der Waals surface area (Å²) in [6, 6.07) is 16.7. The smallest absolute Gasteiger partial charge is 0.341 e. The largest absolute Gasteiger partial charge is 0.421 e. The Morgan fingerprint density at radius 3 is 1.59 bits per heavy atom. The van der Waals surface area contributed by atoms with Crippen LogP contribution in [-0.2, 0) is 9.47 Å². The van der Waals surface area contributed by atoms with Crippen LogP contribution in [0.15, 0.2) is 60.7 Å². The topological polar surface area (TPSA) is 93.1 Å². The van der Waals surface area contributed by atoms with Crippen molar-refractivity contribution in [2.24, 2.45) is 5.92 Å². The Hall–Kier alpha value is -2.70. The van der Waals surface area contributed by atoms with E-state index in [0.717, 1.165) is 0 Å². The molecule has 6 nitrogen and oxygen atoms in total. The minimum absolute atomic E-state index is 0.132. The van der Waals surface area contributed by atoms with E-state index in [9.17, 15) is 19.8 Å². The molecular weight excluding hydrogens is 372 g/mol. The highest BCUT2D eigenvalue weighted by atomic mass is 16.7. The first-order valence-electron chi connectivity index (χ1n) is 9.84. The third-order valence-electron chi connectivity index (χ3n) is 4.81. The van der Waals surface area contributed by atoms with Crippen LogP contribution in [0.3, 0.4) is 0 Å². The lowest BCUT2D eigenvalue weighted by atomic mass is 9.89. The van der Waals surface area contributed by atoms with Crippen molar-refractivity contribution in [2.45, 2.75) is 51.6 Å². The molecule has 0 aliphatic heterocycles. The van der Waals surface area contributed by atoms with Gasteiger partial charge in [0.1, 0.15) is 0 Å². The fraction of sp³-hybridized carbons (Fsp3) is 0.391. The first-order valence-corrected chi connectivity index (χ1v) is 9.84. The number of carbonyl (C=O) groups excluding carboxylic acids is 2. The molecule has 0 fully saturated rings. The van der Waals surface area contributed by atoms with Crippen molar-refractivity contribution in [3.8, 4) is 0 Å². The minimum Gasteiger partial charge on any atom is -0.421 e. The van der Waals surface area contributed by atoms with Gasteiger partial charge in [0, 0.05) is 12.3 Å². The maximum absolute atomic E-state index is 12.4. The maximum Gasteiger partial charge on any atom is 0.341 e. The Labute approximate surface area is 171 Å². The van der Waals surface area contributed by atoms with Crippen molar-refractivity contribution in [1.82, 2.24) is 0 Å². The predicted molar refractivity (Wildman–Crippen MR) is 108 cm³/mol. The lowest BCUT2D eigenvalue weighted by molar-refractivity contribution is -0.110. The monoisotopic (exact) mass is 400 g/mol. The molecule has 0 saturated heterocycles. The van der Waals surface area contributed by atoms with Gasteiger partial charge in [0.2, 0.25) is 0 Å². The Bertz CT molecular complexity index is 708. The zero-order valence-electron chi connectivity index (χ0n) is 16.7. The molecule has 0 heterocycles. The van der Waals surface area contributed by atoms with Gasteiger partial charge < -0.3 is 19.7 Å². The number of aliphatic hydroxyl groups is 2. The molecule has 0 spiro atoms. The van der Waals surface area contributed by atoms with Crippen LogP contribution in [0.5, 0.6) is 0 Å². The van der Waals surface area contributed by atoms with Gasteiger partial charge in [0.05, 0.1) is 23.3 Å². The lowest BCUT2D eigenvalue weighted by Crippen LogP contribution is -2.36. The molecule has 0 saturated carbocycles. The summed E-state index contributed by atoms with van der Waals surface area (Å²) in [5.41, 5.74) is 0.617. The molecule has 0 aliphatic rings.